The van der Waals surface area contributed by atoms with Crippen molar-refractivity contribution in [3.8, 4) is 0 Å². The summed E-state index contributed by atoms with van der Waals surface area (Å²) in [4.78, 5) is 13.0. The van der Waals surface area contributed by atoms with E-state index in [-0.39, 0.29) is 27.4 Å². The molecule has 2 aromatic heterocycles. The van der Waals surface area contributed by atoms with Crippen LogP contribution >= 0.6 is 22.9 Å². The standard InChI is InChI=1S/C21H24ClN3O5S2/c1-6-15-10-12(2)9-13(3)18(15)23-20(26)19-16(7-8-31-19)32(27,28)25(11-29-5)21-17(22)14(4)24-30-21/h7-10H,6,11H2,1-5H3,(H,23,26). The molecule has 0 unspecified atom stereocenters. The van der Waals surface area contributed by atoms with E-state index in [2.05, 4.69) is 10.5 Å². The molecular formula is C21H24ClN3O5S2. The van der Waals surface area contributed by atoms with Crippen LogP contribution in [0.1, 0.15) is 39.0 Å². The normalized spacial score (nSPS) is 11.6. The molecule has 11 heteroatoms. The van der Waals surface area contributed by atoms with Crippen LogP contribution in [0.15, 0.2) is 33.0 Å². The first-order valence-corrected chi connectivity index (χ1v) is 12.4. The first kappa shape index (κ1) is 24.2. The van der Waals surface area contributed by atoms with E-state index in [9.17, 15) is 13.2 Å². The number of sulfonamides is 1. The van der Waals surface area contributed by atoms with E-state index in [0.717, 1.165) is 38.8 Å². The van der Waals surface area contributed by atoms with Crippen molar-refractivity contribution in [1.82, 2.24) is 5.16 Å². The molecule has 0 aliphatic heterocycles. The van der Waals surface area contributed by atoms with Crippen LogP contribution in [-0.2, 0) is 21.2 Å². The molecule has 2 heterocycles. The summed E-state index contributed by atoms with van der Waals surface area (Å²) in [6, 6.07) is 5.34. The summed E-state index contributed by atoms with van der Waals surface area (Å²) < 4.78 is 38.0. The molecule has 0 bridgehead atoms. The van der Waals surface area contributed by atoms with Crippen LogP contribution < -0.4 is 9.62 Å². The minimum Gasteiger partial charge on any atom is -0.363 e. The van der Waals surface area contributed by atoms with Crippen molar-refractivity contribution in [3.05, 3.63) is 55.9 Å². The lowest BCUT2D eigenvalue weighted by Gasteiger charge is -2.21. The Labute approximate surface area is 196 Å². The van der Waals surface area contributed by atoms with Gasteiger partial charge in [-0.2, -0.15) is 0 Å². The number of hydrogen-bond donors (Lipinski definition) is 1. The fourth-order valence-electron chi connectivity index (χ4n) is 3.32. The maximum Gasteiger partial charge on any atom is 0.270 e. The third-order valence-corrected chi connectivity index (χ3v) is 8.06. The van der Waals surface area contributed by atoms with E-state index in [4.69, 9.17) is 20.9 Å². The molecule has 0 saturated heterocycles. The number of anilines is 2. The van der Waals surface area contributed by atoms with Crippen molar-refractivity contribution in [2.75, 3.05) is 23.5 Å². The van der Waals surface area contributed by atoms with Gasteiger partial charge in [-0.1, -0.05) is 41.4 Å². The van der Waals surface area contributed by atoms with Gasteiger partial charge >= 0.3 is 0 Å². The summed E-state index contributed by atoms with van der Waals surface area (Å²) in [5.41, 5.74) is 3.99. The van der Waals surface area contributed by atoms with Gasteiger partial charge in [-0.3, -0.25) is 4.79 Å². The average Bonchev–Trinajstić information content (AvgIpc) is 3.36. The van der Waals surface area contributed by atoms with Gasteiger partial charge in [0.2, 0.25) is 0 Å². The summed E-state index contributed by atoms with van der Waals surface area (Å²) in [6.07, 6.45) is 0.721. The number of hydrogen-bond acceptors (Lipinski definition) is 7. The molecule has 1 amide bonds. The number of methoxy groups -OCH3 is 1. The predicted octanol–water partition coefficient (Wildman–Crippen LogP) is 4.93. The Morgan fingerprint density at radius 2 is 2.03 bits per heavy atom. The molecule has 3 rings (SSSR count). The molecule has 0 saturated carbocycles. The Morgan fingerprint density at radius 1 is 1.31 bits per heavy atom. The third kappa shape index (κ3) is 4.54. The van der Waals surface area contributed by atoms with E-state index < -0.39 is 15.9 Å². The molecule has 172 valence electrons. The van der Waals surface area contributed by atoms with Crippen molar-refractivity contribution in [3.63, 3.8) is 0 Å². The van der Waals surface area contributed by atoms with Gasteiger partial charge in [0.15, 0.2) is 0 Å². The van der Waals surface area contributed by atoms with Gasteiger partial charge in [0.25, 0.3) is 21.8 Å². The van der Waals surface area contributed by atoms with E-state index in [0.29, 0.717) is 11.4 Å². The lowest BCUT2D eigenvalue weighted by atomic mass is 10.0. The van der Waals surface area contributed by atoms with Crippen molar-refractivity contribution in [2.45, 2.75) is 39.0 Å². The molecular weight excluding hydrogens is 474 g/mol. The van der Waals surface area contributed by atoms with Crippen LogP contribution in [0.2, 0.25) is 5.02 Å². The topological polar surface area (TPSA) is 102 Å². The number of halogens is 1. The monoisotopic (exact) mass is 497 g/mol. The van der Waals surface area contributed by atoms with Crippen LogP contribution in [0.3, 0.4) is 0 Å². The predicted molar refractivity (Wildman–Crippen MR) is 125 cm³/mol. The minimum absolute atomic E-state index is 0.0421. The summed E-state index contributed by atoms with van der Waals surface area (Å²) in [7, 11) is -2.90. The molecule has 0 fully saturated rings. The summed E-state index contributed by atoms with van der Waals surface area (Å²) in [5.74, 6) is -0.691. The van der Waals surface area contributed by atoms with Crippen LogP contribution in [0.4, 0.5) is 11.6 Å². The van der Waals surface area contributed by atoms with Crippen molar-refractivity contribution < 1.29 is 22.5 Å². The van der Waals surface area contributed by atoms with Crippen molar-refractivity contribution >= 4 is 50.4 Å². The first-order valence-electron chi connectivity index (χ1n) is 9.74. The zero-order valence-corrected chi connectivity index (χ0v) is 20.7. The van der Waals surface area contributed by atoms with Crippen molar-refractivity contribution in [1.29, 1.82) is 0 Å². The van der Waals surface area contributed by atoms with E-state index >= 15 is 0 Å². The largest absolute Gasteiger partial charge is 0.363 e. The molecule has 32 heavy (non-hydrogen) atoms. The number of amides is 1. The number of ether oxygens (including phenoxy) is 1. The molecule has 0 spiro atoms. The van der Waals surface area contributed by atoms with E-state index in [1.807, 2.05) is 32.9 Å². The van der Waals surface area contributed by atoms with Crippen LogP contribution in [0.5, 0.6) is 0 Å². The summed E-state index contributed by atoms with van der Waals surface area (Å²) >= 11 is 7.21. The second kappa shape index (κ2) is 9.62. The van der Waals surface area contributed by atoms with Crippen LogP contribution in [0.25, 0.3) is 0 Å². The second-order valence-electron chi connectivity index (χ2n) is 7.20. The number of rotatable bonds is 8. The van der Waals surface area contributed by atoms with Gasteiger partial charge in [-0.25, -0.2) is 12.7 Å². The number of aromatic nitrogens is 1. The number of nitrogens with one attached hydrogen (secondary N) is 1. The maximum absolute atomic E-state index is 13.5. The van der Waals surface area contributed by atoms with Gasteiger partial charge < -0.3 is 14.6 Å². The Bertz CT molecular complexity index is 1250. The van der Waals surface area contributed by atoms with Gasteiger partial charge in [0.1, 0.15) is 27.2 Å². The highest BCUT2D eigenvalue weighted by Gasteiger charge is 2.34. The molecule has 3 aromatic rings. The molecule has 0 aliphatic rings. The Hall–Kier alpha value is -2.40. The fourth-order valence-corrected chi connectivity index (χ4v) is 6.17. The van der Waals surface area contributed by atoms with Gasteiger partial charge in [0, 0.05) is 12.8 Å². The highest BCUT2D eigenvalue weighted by atomic mass is 35.5. The number of benzene rings is 1. The molecule has 0 atom stereocenters. The Morgan fingerprint density at radius 3 is 2.62 bits per heavy atom. The fraction of sp³-hybridized carbons (Fsp3) is 0.333. The second-order valence-corrected chi connectivity index (χ2v) is 10.3. The number of carbonyl (C=O) groups excluding carboxylic acids is 1. The average molecular weight is 498 g/mol. The summed E-state index contributed by atoms with van der Waals surface area (Å²) in [5, 5.41) is 8.21. The van der Waals surface area contributed by atoms with Gasteiger partial charge in [-0.15, -0.1) is 11.3 Å². The molecule has 8 nitrogen and oxygen atoms in total. The number of thiophene rings is 1. The van der Waals surface area contributed by atoms with Gasteiger partial charge in [-0.05, 0) is 49.8 Å². The quantitative estimate of drug-likeness (QED) is 0.443. The lowest BCUT2D eigenvalue weighted by Crippen LogP contribution is -2.33. The SMILES string of the molecule is CCc1cc(C)cc(C)c1NC(=O)c1sccc1S(=O)(=O)N(COC)c1onc(C)c1Cl. The van der Waals surface area contributed by atoms with Crippen molar-refractivity contribution in [2.24, 2.45) is 0 Å². The minimum atomic E-state index is -4.24. The molecule has 0 radical (unpaired) electrons. The molecule has 0 aliphatic carbocycles. The highest BCUT2D eigenvalue weighted by molar-refractivity contribution is 7.93. The maximum atomic E-state index is 13.5. The van der Waals surface area contributed by atoms with Crippen LogP contribution in [0, 0.1) is 20.8 Å². The number of nitrogens with zero attached hydrogens (tertiary/aromatic N) is 2. The van der Waals surface area contributed by atoms with Crippen LogP contribution in [-0.4, -0.2) is 33.3 Å². The first-order chi connectivity index (χ1) is 15.1. The highest BCUT2D eigenvalue weighted by Crippen LogP contribution is 2.35. The Balaban J connectivity index is 2.02. The van der Waals surface area contributed by atoms with E-state index in [1.165, 1.54) is 13.2 Å². The lowest BCUT2D eigenvalue weighted by molar-refractivity contribution is 0.102. The molecule has 1 N–H and O–H groups in total. The smallest absolute Gasteiger partial charge is 0.270 e. The molecule has 1 aromatic carbocycles. The summed E-state index contributed by atoms with van der Waals surface area (Å²) in [6.45, 7) is 7.11. The van der Waals surface area contributed by atoms with E-state index in [1.54, 1.807) is 12.3 Å². The van der Waals surface area contributed by atoms with Gasteiger partial charge in [0.05, 0.1) is 0 Å². The number of aryl methyl sites for hydroxylation is 4. The zero-order valence-electron chi connectivity index (χ0n) is 18.4. The number of carbonyl (C=O) groups is 1. The zero-order chi connectivity index (χ0) is 23.6. The Kier molecular flexibility index (Phi) is 7.29. The third-order valence-electron chi connectivity index (χ3n) is 4.83.